The van der Waals surface area contributed by atoms with Crippen molar-refractivity contribution in [3.05, 3.63) is 34.3 Å². The van der Waals surface area contributed by atoms with Crippen LogP contribution in [0.3, 0.4) is 0 Å². The van der Waals surface area contributed by atoms with Gasteiger partial charge in [-0.25, -0.2) is 8.42 Å². The maximum absolute atomic E-state index is 11.8. The van der Waals surface area contributed by atoms with Crippen molar-refractivity contribution in [1.29, 1.82) is 0 Å². The molecule has 6 heteroatoms. The second-order valence-corrected chi connectivity index (χ2v) is 8.42. The van der Waals surface area contributed by atoms with Gasteiger partial charge in [-0.1, -0.05) is 46.6 Å². The zero-order valence-corrected chi connectivity index (χ0v) is 12.7. The van der Waals surface area contributed by atoms with Crippen LogP contribution in [0.25, 0.3) is 0 Å². The molecule has 17 heavy (non-hydrogen) atoms. The van der Waals surface area contributed by atoms with E-state index in [0.717, 1.165) is 4.47 Å². The number of rotatable bonds is 4. The smallest absolute Gasteiger partial charge is 0.172 e. The molecule has 0 saturated carbocycles. The molecule has 0 aliphatic heterocycles. The summed E-state index contributed by atoms with van der Waals surface area (Å²) in [7, 11) is -3.55. The Labute approximate surface area is 115 Å². The van der Waals surface area contributed by atoms with E-state index < -0.39 is 20.1 Å². The average molecular weight is 342 g/mol. The summed E-state index contributed by atoms with van der Waals surface area (Å²) in [4.78, 5) is 0. The fourth-order valence-electron chi connectivity index (χ4n) is 1.40. The Kier molecular flexibility index (Phi) is 4.63. The molecule has 0 saturated heterocycles. The Hall–Kier alpha value is -0.100. The highest BCUT2D eigenvalue weighted by atomic mass is 79.9. The van der Waals surface area contributed by atoms with Gasteiger partial charge in [0.25, 0.3) is 0 Å². The molecule has 0 unspecified atom stereocenters. The first-order valence-electron chi connectivity index (χ1n) is 5.07. The largest absolute Gasteiger partial charge is 0.385 e. The zero-order chi connectivity index (χ0) is 13.3. The normalized spacial score (nSPS) is 17.5. The summed E-state index contributed by atoms with van der Waals surface area (Å²) >= 11 is 9.27. The SMILES string of the molecule is CCS(=O)(=O)[C@@](C)(Cl)[C@@H](O)c1ccc(Br)cc1. The van der Waals surface area contributed by atoms with Crippen LogP contribution in [0.2, 0.25) is 0 Å². The maximum atomic E-state index is 11.8. The summed E-state index contributed by atoms with van der Waals surface area (Å²) < 4.78 is 22.7. The molecule has 0 radical (unpaired) electrons. The minimum absolute atomic E-state index is 0.111. The number of aliphatic hydroxyl groups excluding tert-OH is 1. The van der Waals surface area contributed by atoms with E-state index in [1.54, 1.807) is 24.3 Å². The minimum Gasteiger partial charge on any atom is -0.385 e. The lowest BCUT2D eigenvalue weighted by molar-refractivity contribution is 0.162. The molecule has 0 heterocycles. The Bertz CT molecular complexity index is 482. The van der Waals surface area contributed by atoms with Gasteiger partial charge in [0.15, 0.2) is 14.0 Å². The van der Waals surface area contributed by atoms with Gasteiger partial charge in [0.1, 0.15) is 6.10 Å². The van der Waals surface area contributed by atoms with Gasteiger partial charge < -0.3 is 5.11 Å². The van der Waals surface area contributed by atoms with Crippen LogP contribution in [0.1, 0.15) is 25.5 Å². The predicted molar refractivity (Wildman–Crippen MR) is 72.8 cm³/mol. The van der Waals surface area contributed by atoms with Crippen molar-refractivity contribution < 1.29 is 13.5 Å². The van der Waals surface area contributed by atoms with E-state index in [-0.39, 0.29) is 5.75 Å². The molecule has 0 fully saturated rings. The number of sulfone groups is 1. The summed E-state index contributed by atoms with van der Waals surface area (Å²) in [5, 5.41) is 10.1. The molecule has 0 aliphatic carbocycles. The fourth-order valence-corrected chi connectivity index (χ4v) is 3.15. The molecule has 1 N–H and O–H groups in total. The quantitative estimate of drug-likeness (QED) is 0.857. The average Bonchev–Trinajstić information content (AvgIpc) is 2.28. The molecular formula is C11H14BrClO3S. The highest BCUT2D eigenvalue weighted by Gasteiger charge is 2.43. The molecule has 3 nitrogen and oxygen atoms in total. The van der Waals surface area contributed by atoms with Crippen molar-refractivity contribution in [2.75, 3.05) is 5.75 Å². The predicted octanol–water partition coefficient (Wildman–Crippen LogP) is 2.87. The molecule has 0 amide bonds. The molecular weight excluding hydrogens is 328 g/mol. The van der Waals surface area contributed by atoms with Gasteiger partial charge in [-0.15, -0.1) is 0 Å². The summed E-state index contributed by atoms with van der Waals surface area (Å²) in [5.74, 6) is -0.111. The highest BCUT2D eigenvalue weighted by Crippen LogP contribution is 2.37. The number of hydrogen-bond acceptors (Lipinski definition) is 3. The van der Waals surface area contributed by atoms with Crippen LogP contribution in [0, 0.1) is 0 Å². The molecule has 0 bridgehead atoms. The molecule has 0 aromatic heterocycles. The van der Waals surface area contributed by atoms with Gasteiger partial charge in [0.05, 0.1) is 0 Å². The zero-order valence-electron chi connectivity index (χ0n) is 9.52. The molecule has 1 rings (SSSR count). The van der Waals surface area contributed by atoms with E-state index in [9.17, 15) is 13.5 Å². The highest BCUT2D eigenvalue weighted by molar-refractivity contribution is 9.10. The molecule has 1 aromatic rings. The molecule has 2 atom stereocenters. The second kappa shape index (κ2) is 5.26. The summed E-state index contributed by atoms with van der Waals surface area (Å²) in [6, 6.07) is 6.73. The van der Waals surface area contributed by atoms with Gasteiger partial charge in [-0.3, -0.25) is 0 Å². The van der Waals surface area contributed by atoms with Crippen molar-refractivity contribution in [3.63, 3.8) is 0 Å². The Morgan fingerprint density at radius 2 is 1.88 bits per heavy atom. The minimum atomic E-state index is -3.55. The van der Waals surface area contributed by atoms with Crippen LogP contribution in [0.5, 0.6) is 0 Å². The van der Waals surface area contributed by atoms with Gasteiger partial charge in [0, 0.05) is 10.2 Å². The van der Waals surface area contributed by atoms with Crippen LogP contribution in [0.15, 0.2) is 28.7 Å². The van der Waals surface area contributed by atoms with Crippen LogP contribution < -0.4 is 0 Å². The molecule has 0 spiro atoms. The Balaban J connectivity index is 3.12. The standard InChI is InChI=1S/C11H14BrClO3S/c1-3-17(15,16)11(2,13)10(14)8-4-6-9(12)7-5-8/h4-7,10,14H,3H2,1-2H3/t10-,11+/m0/s1. The van der Waals surface area contributed by atoms with Crippen LogP contribution in [-0.4, -0.2) is 23.5 Å². The van der Waals surface area contributed by atoms with Crippen LogP contribution in [0.4, 0.5) is 0 Å². The van der Waals surface area contributed by atoms with Gasteiger partial charge >= 0.3 is 0 Å². The third-order valence-electron chi connectivity index (χ3n) is 2.66. The Morgan fingerprint density at radius 1 is 1.41 bits per heavy atom. The lowest BCUT2D eigenvalue weighted by Gasteiger charge is -2.27. The third kappa shape index (κ3) is 3.02. The first-order chi connectivity index (χ1) is 7.72. The summed E-state index contributed by atoms with van der Waals surface area (Å²) in [6.45, 7) is 2.82. The van der Waals surface area contributed by atoms with Crippen molar-refractivity contribution in [3.8, 4) is 0 Å². The summed E-state index contributed by atoms with van der Waals surface area (Å²) in [6.07, 6.45) is -1.26. The van der Waals surface area contributed by atoms with Crippen LogP contribution in [-0.2, 0) is 9.84 Å². The van der Waals surface area contributed by atoms with Gasteiger partial charge in [-0.05, 0) is 24.6 Å². The first-order valence-corrected chi connectivity index (χ1v) is 7.89. The monoisotopic (exact) mass is 340 g/mol. The van der Waals surface area contributed by atoms with Gasteiger partial charge in [0.2, 0.25) is 0 Å². The van der Waals surface area contributed by atoms with Crippen molar-refractivity contribution in [1.82, 2.24) is 0 Å². The molecule has 1 aromatic carbocycles. The van der Waals surface area contributed by atoms with Gasteiger partial charge in [-0.2, -0.15) is 0 Å². The number of alkyl halides is 1. The first kappa shape index (κ1) is 15.0. The Morgan fingerprint density at radius 3 is 2.29 bits per heavy atom. The van der Waals surface area contributed by atoms with Crippen molar-refractivity contribution in [2.24, 2.45) is 0 Å². The third-order valence-corrected chi connectivity index (χ3v) is 6.30. The second-order valence-electron chi connectivity index (χ2n) is 3.84. The van der Waals surface area contributed by atoms with E-state index in [0.29, 0.717) is 5.56 Å². The molecule has 96 valence electrons. The number of aliphatic hydroxyl groups is 1. The topological polar surface area (TPSA) is 54.4 Å². The maximum Gasteiger partial charge on any atom is 0.172 e. The van der Waals surface area contributed by atoms with E-state index >= 15 is 0 Å². The van der Waals surface area contributed by atoms with E-state index in [2.05, 4.69) is 15.9 Å². The van der Waals surface area contributed by atoms with Crippen LogP contribution >= 0.6 is 27.5 Å². The van der Waals surface area contributed by atoms with E-state index in [1.807, 2.05) is 0 Å². The number of benzene rings is 1. The van der Waals surface area contributed by atoms with E-state index in [1.165, 1.54) is 13.8 Å². The molecule has 0 aliphatic rings. The van der Waals surface area contributed by atoms with E-state index in [4.69, 9.17) is 11.6 Å². The lowest BCUT2D eigenvalue weighted by atomic mass is 10.1. The lowest BCUT2D eigenvalue weighted by Crippen LogP contribution is -2.37. The number of halogens is 2. The van der Waals surface area contributed by atoms with Crippen molar-refractivity contribution in [2.45, 2.75) is 24.2 Å². The fraction of sp³-hybridized carbons (Fsp3) is 0.455. The summed E-state index contributed by atoms with van der Waals surface area (Å²) in [5.41, 5.74) is 0.475. The number of hydrogen-bond donors (Lipinski definition) is 1. The van der Waals surface area contributed by atoms with Crippen molar-refractivity contribution >= 4 is 37.4 Å².